The van der Waals surface area contributed by atoms with Crippen molar-refractivity contribution in [2.24, 2.45) is 0 Å². The monoisotopic (exact) mass is 482 g/mol. The maximum atomic E-state index is 13.0. The molecular weight excluding hydrogens is 460 g/mol. The highest BCUT2D eigenvalue weighted by Crippen LogP contribution is 2.28. The van der Waals surface area contributed by atoms with Crippen LogP contribution < -0.4 is 14.8 Å². The summed E-state index contributed by atoms with van der Waals surface area (Å²) in [5, 5.41) is 3.18. The molecule has 0 aliphatic rings. The Bertz CT molecular complexity index is 862. The lowest BCUT2D eigenvalue weighted by Gasteiger charge is -2.30. The van der Waals surface area contributed by atoms with Crippen LogP contribution in [0.25, 0.3) is 0 Å². The van der Waals surface area contributed by atoms with Gasteiger partial charge < -0.3 is 19.7 Å². The first-order valence-corrected chi connectivity index (χ1v) is 10.3. The van der Waals surface area contributed by atoms with E-state index in [0.717, 1.165) is 5.56 Å². The van der Waals surface area contributed by atoms with E-state index in [4.69, 9.17) is 21.1 Å². The van der Waals surface area contributed by atoms with Crippen LogP contribution >= 0.6 is 27.5 Å². The summed E-state index contributed by atoms with van der Waals surface area (Å²) >= 11 is 9.31. The van der Waals surface area contributed by atoms with E-state index in [2.05, 4.69) is 21.2 Å². The number of carbonyl (C=O) groups excluding carboxylic acids is 2. The van der Waals surface area contributed by atoms with Crippen LogP contribution in [0.5, 0.6) is 11.5 Å². The second-order valence-electron chi connectivity index (χ2n) is 6.27. The molecule has 0 bridgehead atoms. The third-order valence-corrected chi connectivity index (χ3v) is 5.22. The predicted octanol–water partition coefficient (Wildman–Crippen LogP) is 4.04. The van der Waals surface area contributed by atoms with E-state index in [1.54, 1.807) is 32.4 Å². The number of carbonyl (C=O) groups is 2. The lowest BCUT2D eigenvalue weighted by molar-refractivity contribution is -0.142. The van der Waals surface area contributed by atoms with Crippen LogP contribution in [0.2, 0.25) is 5.02 Å². The second kappa shape index (κ2) is 11.1. The van der Waals surface area contributed by atoms with Gasteiger partial charge in [0.05, 0.1) is 11.6 Å². The number of likely N-dealkylation sites (N-methyl/N-ethyl adjacent to an activating group) is 1. The number of ether oxygens (including phenoxy) is 2. The van der Waals surface area contributed by atoms with Crippen molar-refractivity contribution in [3.05, 3.63) is 57.5 Å². The lowest BCUT2D eigenvalue weighted by atomic mass is 10.1. The molecule has 0 aromatic heterocycles. The van der Waals surface area contributed by atoms with E-state index in [1.165, 1.54) is 4.90 Å². The summed E-state index contributed by atoms with van der Waals surface area (Å²) in [5.74, 6) is 0.655. The van der Waals surface area contributed by atoms with Crippen molar-refractivity contribution in [3.63, 3.8) is 0 Å². The van der Waals surface area contributed by atoms with E-state index in [9.17, 15) is 9.59 Å². The van der Waals surface area contributed by atoms with E-state index in [-0.39, 0.29) is 25.0 Å². The Balaban J connectivity index is 2.22. The number of benzene rings is 2. The molecule has 156 valence electrons. The third-order valence-electron chi connectivity index (χ3n) is 4.36. The van der Waals surface area contributed by atoms with Crippen molar-refractivity contribution in [2.45, 2.75) is 25.9 Å². The standard InChI is InChI=1S/C21H24BrClN2O4/c1-4-18(21(27)24-2)25(12-14-6-5-7-16(10-14)28-3)20(26)13-29-19-9-8-15(23)11-17(19)22/h5-11,18H,4,12-13H2,1-3H3,(H,24,27)/t18-/m1/s1. The first kappa shape index (κ1) is 23.0. The Labute approximate surface area is 184 Å². The van der Waals surface area contributed by atoms with Gasteiger partial charge in [-0.15, -0.1) is 0 Å². The summed E-state index contributed by atoms with van der Waals surface area (Å²) in [7, 11) is 3.14. The summed E-state index contributed by atoms with van der Waals surface area (Å²) in [6, 6.07) is 11.8. The molecule has 0 aliphatic heterocycles. The summed E-state index contributed by atoms with van der Waals surface area (Å²) in [6.07, 6.45) is 0.472. The number of rotatable bonds is 9. The molecule has 0 saturated heterocycles. The third kappa shape index (κ3) is 6.37. The van der Waals surface area contributed by atoms with Gasteiger partial charge in [-0.05, 0) is 58.2 Å². The van der Waals surface area contributed by atoms with Gasteiger partial charge in [-0.1, -0.05) is 30.7 Å². The largest absolute Gasteiger partial charge is 0.497 e. The minimum absolute atomic E-state index is 0.211. The molecule has 2 amide bonds. The van der Waals surface area contributed by atoms with Crippen molar-refractivity contribution in [3.8, 4) is 11.5 Å². The zero-order valence-electron chi connectivity index (χ0n) is 16.6. The van der Waals surface area contributed by atoms with Gasteiger partial charge in [0, 0.05) is 18.6 Å². The van der Waals surface area contributed by atoms with Crippen molar-refractivity contribution in [1.29, 1.82) is 0 Å². The molecule has 8 heteroatoms. The number of methoxy groups -OCH3 is 1. The maximum Gasteiger partial charge on any atom is 0.261 e. The Morgan fingerprint density at radius 2 is 2.00 bits per heavy atom. The van der Waals surface area contributed by atoms with Crippen LogP contribution in [-0.4, -0.2) is 43.5 Å². The molecule has 29 heavy (non-hydrogen) atoms. The fraction of sp³-hybridized carbons (Fsp3) is 0.333. The molecule has 1 atom stereocenters. The first-order chi connectivity index (χ1) is 13.9. The molecule has 0 radical (unpaired) electrons. The molecule has 1 N–H and O–H groups in total. The van der Waals surface area contributed by atoms with Gasteiger partial charge in [-0.2, -0.15) is 0 Å². The SMILES string of the molecule is CC[C@H](C(=O)NC)N(Cc1cccc(OC)c1)C(=O)COc1ccc(Cl)cc1Br. The summed E-state index contributed by atoms with van der Waals surface area (Å²) < 4.78 is 11.6. The van der Waals surface area contributed by atoms with Crippen LogP contribution in [-0.2, 0) is 16.1 Å². The van der Waals surface area contributed by atoms with E-state index < -0.39 is 6.04 Å². The minimum Gasteiger partial charge on any atom is -0.497 e. The normalized spacial score (nSPS) is 11.5. The fourth-order valence-corrected chi connectivity index (χ4v) is 3.67. The van der Waals surface area contributed by atoms with E-state index in [0.29, 0.717) is 27.4 Å². The van der Waals surface area contributed by atoms with Gasteiger partial charge in [0.1, 0.15) is 17.5 Å². The van der Waals surface area contributed by atoms with E-state index in [1.807, 2.05) is 31.2 Å². The summed E-state index contributed by atoms with van der Waals surface area (Å²) in [4.78, 5) is 26.9. The molecule has 0 spiro atoms. The first-order valence-electron chi connectivity index (χ1n) is 9.11. The van der Waals surface area contributed by atoms with Gasteiger partial charge in [0.2, 0.25) is 5.91 Å². The van der Waals surface area contributed by atoms with Crippen LogP contribution in [0.3, 0.4) is 0 Å². The molecule has 0 unspecified atom stereocenters. The number of amides is 2. The maximum absolute atomic E-state index is 13.0. The van der Waals surface area contributed by atoms with Gasteiger partial charge in [0.25, 0.3) is 5.91 Å². The molecule has 2 rings (SSSR count). The van der Waals surface area contributed by atoms with E-state index >= 15 is 0 Å². The minimum atomic E-state index is -0.615. The van der Waals surface area contributed by atoms with Crippen LogP contribution in [0, 0.1) is 0 Å². The highest BCUT2D eigenvalue weighted by molar-refractivity contribution is 9.10. The van der Waals surface area contributed by atoms with Crippen molar-refractivity contribution < 1.29 is 19.1 Å². The number of nitrogens with one attached hydrogen (secondary N) is 1. The average Bonchev–Trinajstić information content (AvgIpc) is 2.72. The Morgan fingerprint density at radius 1 is 1.24 bits per heavy atom. The molecular formula is C21H24BrClN2O4. The smallest absolute Gasteiger partial charge is 0.261 e. The Hall–Kier alpha value is -2.25. The Kier molecular flexibility index (Phi) is 8.79. The average molecular weight is 484 g/mol. The topological polar surface area (TPSA) is 67.9 Å². The summed E-state index contributed by atoms with van der Waals surface area (Å²) in [6.45, 7) is 1.91. The predicted molar refractivity (Wildman–Crippen MR) is 116 cm³/mol. The molecule has 2 aromatic carbocycles. The quantitative estimate of drug-likeness (QED) is 0.584. The number of halogens is 2. The molecule has 2 aromatic rings. The fourth-order valence-electron chi connectivity index (χ4n) is 2.87. The molecule has 0 aliphatic carbocycles. The zero-order valence-corrected chi connectivity index (χ0v) is 18.9. The van der Waals surface area contributed by atoms with Gasteiger partial charge >= 0.3 is 0 Å². The second-order valence-corrected chi connectivity index (χ2v) is 7.57. The highest BCUT2D eigenvalue weighted by Gasteiger charge is 2.28. The lowest BCUT2D eigenvalue weighted by Crippen LogP contribution is -2.49. The number of hydrogen-bond acceptors (Lipinski definition) is 4. The van der Waals surface area contributed by atoms with Crippen molar-refractivity contribution in [2.75, 3.05) is 20.8 Å². The van der Waals surface area contributed by atoms with Gasteiger partial charge in [0.15, 0.2) is 6.61 Å². The number of hydrogen-bond donors (Lipinski definition) is 1. The van der Waals surface area contributed by atoms with Gasteiger partial charge in [-0.25, -0.2) is 0 Å². The molecule has 0 fully saturated rings. The molecule has 0 heterocycles. The number of nitrogens with zero attached hydrogens (tertiary/aromatic N) is 1. The Morgan fingerprint density at radius 3 is 2.62 bits per heavy atom. The van der Waals surface area contributed by atoms with Crippen molar-refractivity contribution in [1.82, 2.24) is 10.2 Å². The molecule has 0 saturated carbocycles. The zero-order chi connectivity index (χ0) is 21.4. The van der Waals surface area contributed by atoms with Crippen LogP contribution in [0.4, 0.5) is 0 Å². The molecule has 6 nitrogen and oxygen atoms in total. The highest BCUT2D eigenvalue weighted by atomic mass is 79.9. The van der Waals surface area contributed by atoms with Crippen LogP contribution in [0.15, 0.2) is 46.9 Å². The van der Waals surface area contributed by atoms with Crippen molar-refractivity contribution >= 4 is 39.3 Å². The summed E-state index contributed by atoms with van der Waals surface area (Å²) in [5.41, 5.74) is 0.854. The van der Waals surface area contributed by atoms with Crippen LogP contribution in [0.1, 0.15) is 18.9 Å². The van der Waals surface area contributed by atoms with Gasteiger partial charge in [-0.3, -0.25) is 9.59 Å².